The van der Waals surface area contributed by atoms with Crippen molar-refractivity contribution in [3.8, 4) is 5.75 Å². The van der Waals surface area contributed by atoms with Crippen LogP contribution in [0.15, 0.2) is 18.2 Å². The lowest BCUT2D eigenvalue weighted by molar-refractivity contribution is -0.140. The smallest absolute Gasteiger partial charge is 0.329 e. The molecule has 0 spiro atoms. The Balaban J connectivity index is 1.81. The van der Waals surface area contributed by atoms with Gasteiger partial charge in [0.05, 0.1) is 5.69 Å². The van der Waals surface area contributed by atoms with Crippen molar-refractivity contribution in [2.24, 2.45) is 0 Å². The predicted octanol–water partition coefficient (Wildman–Crippen LogP) is 0.364. The second-order valence-electron chi connectivity index (χ2n) is 4.89. The summed E-state index contributed by atoms with van der Waals surface area (Å²) in [7, 11) is 0. The number of hydrogen-bond acceptors (Lipinski definition) is 4. The fourth-order valence-corrected chi connectivity index (χ4v) is 2.03. The average molecular weight is 276 g/mol. The molecule has 1 saturated carbocycles. The molecule has 7 nitrogen and oxygen atoms in total. The maximum Gasteiger partial charge on any atom is 0.329 e. The molecule has 104 valence electrons. The molecule has 20 heavy (non-hydrogen) atoms. The quantitative estimate of drug-likeness (QED) is 0.739. The number of amides is 2. The monoisotopic (exact) mass is 276 g/mol. The minimum atomic E-state index is -1.13. The van der Waals surface area contributed by atoms with Crippen LogP contribution in [0.25, 0.3) is 0 Å². The minimum Gasteiger partial charge on any atom is -0.482 e. The van der Waals surface area contributed by atoms with Crippen LogP contribution in [-0.2, 0) is 9.59 Å². The molecular weight excluding hydrogens is 264 g/mol. The molecule has 0 saturated heterocycles. The molecule has 1 fully saturated rings. The van der Waals surface area contributed by atoms with Gasteiger partial charge in [-0.05, 0) is 31.0 Å². The van der Waals surface area contributed by atoms with Crippen LogP contribution in [0.2, 0.25) is 0 Å². The van der Waals surface area contributed by atoms with Crippen molar-refractivity contribution >= 4 is 23.5 Å². The van der Waals surface area contributed by atoms with E-state index in [1.54, 1.807) is 6.07 Å². The highest BCUT2D eigenvalue weighted by Crippen LogP contribution is 2.36. The standard InChI is InChI=1S/C13H12N2O5/c16-10-6-20-9-2-1-7(5-8(9)14-10)11(17)15-13(3-4-13)12(18)19/h1-2,5H,3-4,6H2,(H,14,16)(H,15,17)(H,18,19). The summed E-state index contributed by atoms with van der Waals surface area (Å²) in [6, 6.07) is 4.58. The van der Waals surface area contributed by atoms with E-state index in [0.29, 0.717) is 24.3 Å². The number of hydrogen-bond donors (Lipinski definition) is 3. The molecule has 1 aromatic carbocycles. The summed E-state index contributed by atoms with van der Waals surface area (Å²) in [5.41, 5.74) is -0.441. The number of carboxylic acid groups (broad SMARTS) is 1. The van der Waals surface area contributed by atoms with Gasteiger partial charge in [0.1, 0.15) is 11.3 Å². The van der Waals surface area contributed by atoms with Crippen molar-refractivity contribution in [2.75, 3.05) is 11.9 Å². The fourth-order valence-electron chi connectivity index (χ4n) is 2.03. The zero-order valence-electron chi connectivity index (χ0n) is 10.4. The predicted molar refractivity (Wildman–Crippen MR) is 67.6 cm³/mol. The van der Waals surface area contributed by atoms with Crippen molar-refractivity contribution in [1.29, 1.82) is 0 Å². The Kier molecular flexibility index (Phi) is 2.63. The van der Waals surface area contributed by atoms with Crippen LogP contribution in [0, 0.1) is 0 Å². The van der Waals surface area contributed by atoms with Crippen LogP contribution < -0.4 is 15.4 Å². The lowest BCUT2D eigenvalue weighted by Crippen LogP contribution is -2.43. The first-order valence-electron chi connectivity index (χ1n) is 6.13. The van der Waals surface area contributed by atoms with Crippen LogP contribution in [0.4, 0.5) is 5.69 Å². The molecule has 1 aliphatic carbocycles. The van der Waals surface area contributed by atoms with E-state index in [1.807, 2.05) is 0 Å². The fraction of sp³-hybridized carbons (Fsp3) is 0.308. The van der Waals surface area contributed by atoms with Crippen LogP contribution in [0.5, 0.6) is 5.75 Å². The second-order valence-corrected chi connectivity index (χ2v) is 4.89. The number of carboxylic acids is 1. The summed E-state index contributed by atoms with van der Waals surface area (Å²) < 4.78 is 5.18. The van der Waals surface area contributed by atoms with Gasteiger partial charge in [-0.1, -0.05) is 0 Å². The molecule has 0 unspecified atom stereocenters. The Morgan fingerprint density at radius 3 is 2.75 bits per heavy atom. The van der Waals surface area contributed by atoms with E-state index in [4.69, 9.17) is 9.84 Å². The number of anilines is 1. The summed E-state index contributed by atoms with van der Waals surface area (Å²) in [6.45, 7) is -0.0549. The normalized spacial score (nSPS) is 18.3. The number of rotatable bonds is 3. The van der Waals surface area contributed by atoms with E-state index < -0.39 is 17.4 Å². The average Bonchev–Trinajstić information content (AvgIpc) is 3.18. The van der Waals surface area contributed by atoms with Crippen molar-refractivity contribution in [2.45, 2.75) is 18.4 Å². The van der Waals surface area contributed by atoms with Gasteiger partial charge in [-0.2, -0.15) is 0 Å². The van der Waals surface area contributed by atoms with Crippen molar-refractivity contribution < 1.29 is 24.2 Å². The maximum absolute atomic E-state index is 12.0. The molecule has 2 amide bonds. The van der Waals surface area contributed by atoms with E-state index in [0.717, 1.165) is 0 Å². The van der Waals surface area contributed by atoms with Gasteiger partial charge >= 0.3 is 5.97 Å². The molecule has 0 bridgehead atoms. The Morgan fingerprint density at radius 1 is 1.35 bits per heavy atom. The van der Waals surface area contributed by atoms with E-state index >= 15 is 0 Å². The van der Waals surface area contributed by atoms with Gasteiger partial charge in [0, 0.05) is 5.56 Å². The van der Waals surface area contributed by atoms with Crippen molar-refractivity contribution in [3.05, 3.63) is 23.8 Å². The van der Waals surface area contributed by atoms with Crippen LogP contribution in [0.3, 0.4) is 0 Å². The van der Waals surface area contributed by atoms with Gasteiger partial charge in [0.15, 0.2) is 6.61 Å². The highest BCUT2D eigenvalue weighted by atomic mass is 16.5. The minimum absolute atomic E-state index is 0.0549. The zero-order chi connectivity index (χ0) is 14.3. The van der Waals surface area contributed by atoms with E-state index in [-0.39, 0.29) is 18.1 Å². The van der Waals surface area contributed by atoms with Crippen molar-refractivity contribution in [3.63, 3.8) is 0 Å². The Bertz CT molecular complexity index is 621. The van der Waals surface area contributed by atoms with Gasteiger partial charge in [-0.25, -0.2) is 4.79 Å². The number of carbonyl (C=O) groups excluding carboxylic acids is 2. The van der Waals surface area contributed by atoms with Crippen molar-refractivity contribution in [1.82, 2.24) is 5.32 Å². The highest BCUT2D eigenvalue weighted by molar-refractivity contribution is 6.02. The second kappa shape index (κ2) is 4.22. The van der Waals surface area contributed by atoms with E-state index in [9.17, 15) is 14.4 Å². The molecule has 2 aliphatic rings. The third-order valence-electron chi connectivity index (χ3n) is 3.39. The van der Waals surface area contributed by atoms with Gasteiger partial charge in [0.2, 0.25) is 0 Å². The first-order chi connectivity index (χ1) is 9.50. The number of ether oxygens (including phenoxy) is 1. The number of fused-ring (bicyclic) bond motifs is 1. The SMILES string of the molecule is O=C1COc2ccc(C(=O)NC3(C(=O)O)CC3)cc2N1. The molecule has 0 aromatic heterocycles. The molecule has 3 N–H and O–H groups in total. The van der Waals surface area contributed by atoms with Crippen LogP contribution >= 0.6 is 0 Å². The van der Waals surface area contributed by atoms with E-state index in [2.05, 4.69) is 10.6 Å². The third-order valence-corrected chi connectivity index (χ3v) is 3.39. The lowest BCUT2D eigenvalue weighted by atomic mass is 10.1. The van der Waals surface area contributed by atoms with Gasteiger partial charge in [-0.15, -0.1) is 0 Å². The van der Waals surface area contributed by atoms with Crippen LogP contribution in [-0.4, -0.2) is 35.0 Å². The zero-order valence-corrected chi connectivity index (χ0v) is 10.4. The Labute approximate surface area is 113 Å². The largest absolute Gasteiger partial charge is 0.482 e. The summed E-state index contributed by atoms with van der Waals surface area (Å²) in [5.74, 6) is -1.31. The third kappa shape index (κ3) is 2.07. The molecule has 0 radical (unpaired) electrons. The molecule has 7 heteroatoms. The highest BCUT2D eigenvalue weighted by Gasteiger charge is 2.51. The first-order valence-corrected chi connectivity index (χ1v) is 6.13. The van der Waals surface area contributed by atoms with Crippen LogP contribution in [0.1, 0.15) is 23.2 Å². The number of nitrogens with one attached hydrogen (secondary N) is 2. The number of benzene rings is 1. The summed E-state index contributed by atoms with van der Waals surface area (Å²) in [5, 5.41) is 14.1. The summed E-state index contributed by atoms with van der Waals surface area (Å²) >= 11 is 0. The molecule has 1 heterocycles. The molecule has 1 aromatic rings. The van der Waals surface area contributed by atoms with E-state index in [1.165, 1.54) is 12.1 Å². The molecule has 1 aliphatic heterocycles. The summed E-state index contributed by atoms with van der Waals surface area (Å²) in [6.07, 6.45) is 0.859. The lowest BCUT2D eigenvalue weighted by Gasteiger charge is -2.19. The maximum atomic E-state index is 12.0. The molecule has 0 atom stereocenters. The first kappa shape index (κ1) is 12.5. The molecule has 3 rings (SSSR count). The Morgan fingerprint density at radius 2 is 2.10 bits per heavy atom. The summed E-state index contributed by atoms with van der Waals surface area (Å²) in [4.78, 5) is 34.3. The van der Waals surface area contributed by atoms with Gasteiger partial charge in [0.25, 0.3) is 11.8 Å². The topological polar surface area (TPSA) is 105 Å². The molecular formula is C13H12N2O5. The Hall–Kier alpha value is -2.57. The number of aliphatic carboxylic acids is 1. The van der Waals surface area contributed by atoms with Gasteiger partial charge in [-0.3, -0.25) is 9.59 Å². The van der Waals surface area contributed by atoms with Gasteiger partial charge < -0.3 is 20.5 Å². The number of carbonyl (C=O) groups is 3.